The summed E-state index contributed by atoms with van der Waals surface area (Å²) in [5.41, 5.74) is 0.240. The molecule has 15 heavy (non-hydrogen) atoms. The molecule has 1 aliphatic heterocycles. The summed E-state index contributed by atoms with van der Waals surface area (Å²) in [5, 5.41) is 11.9. The Labute approximate surface area is 92.2 Å². The number of nitrogens with one attached hydrogen (secondary N) is 1. The van der Waals surface area contributed by atoms with Crippen LogP contribution in [-0.4, -0.2) is 36.5 Å². The molecule has 2 fully saturated rings. The molecule has 1 saturated carbocycles. The van der Waals surface area contributed by atoms with Crippen molar-refractivity contribution >= 4 is 0 Å². The highest BCUT2D eigenvalue weighted by Gasteiger charge is 2.40. The molecule has 2 N–H and O–H groups in total. The first-order valence-electron chi connectivity index (χ1n) is 6.34. The van der Waals surface area contributed by atoms with E-state index in [9.17, 15) is 0 Å². The normalized spacial score (nSPS) is 29.8. The summed E-state index contributed by atoms with van der Waals surface area (Å²) in [6.45, 7) is 1.81. The summed E-state index contributed by atoms with van der Waals surface area (Å²) < 4.78 is 6.19. The quantitative estimate of drug-likeness (QED) is 0.695. The minimum atomic E-state index is 0.220. The molecule has 2 aliphatic rings. The highest BCUT2D eigenvalue weighted by molar-refractivity contribution is 4.91. The first-order valence-corrected chi connectivity index (χ1v) is 6.34. The molecule has 0 amide bonds. The fourth-order valence-corrected chi connectivity index (χ4v) is 2.95. The molecule has 0 radical (unpaired) electrons. The molecular formula is C12H23NO2. The van der Waals surface area contributed by atoms with Gasteiger partial charge in [0.15, 0.2) is 0 Å². The third-order valence-electron chi connectivity index (χ3n) is 3.76. The van der Waals surface area contributed by atoms with E-state index < -0.39 is 0 Å². The summed E-state index contributed by atoms with van der Waals surface area (Å²) in [5.74, 6) is 0. The summed E-state index contributed by atoms with van der Waals surface area (Å²) in [6, 6.07) is 0. The zero-order valence-electron chi connectivity index (χ0n) is 9.50. The van der Waals surface area contributed by atoms with E-state index in [0.29, 0.717) is 12.6 Å². The Morgan fingerprint density at radius 1 is 1.20 bits per heavy atom. The molecule has 1 saturated heterocycles. The molecule has 0 bridgehead atoms. The molecule has 0 aromatic carbocycles. The maximum atomic E-state index is 8.68. The number of rotatable bonds is 4. The smallest absolute Gasteiger partial charge is 0.0708 e. The average molecular weight is 213 g/mol. The third kappa shape index (κ3) is 2.92. The van der Waals surface area contributed by atoms with Crippen LogP contribution in [0, 0.1) is 0 Å². The highest BCUT2D eigenvalue weighted by Crippen LogP contribution is 2.41. The van der Waals surface area contributed by atoms with Crippen LogP contribution in [0.25, 0.3) is 0 Å². The lowest BCUT2D eigenvalue weighted by Gasteiger charge is -2.33. The molecule has 1 spiro atoms. The van der Waals surface area contributed by atoms with Crippen molar-refractivity contribution in [1.82, 2.24) is 5.32 Å². The van der Waals surface area contributed by atoms with Crippen LogP contribution in [0.15, 0.2) is 0 Å². The van der Waals surface area contributed by atoms with E-state index in [4.69, 9.17) is 9.84 Å². The van der Waals surface area contributed by atoms with Crippen molar-refractivity contribution in [2.45, 2.75) is 56.7 Å². The van der Waals surface area contributed by atoms with E-state index >= 15 is 0 Å². The van der Waals surface area contributed by atoms with Gasteiger partial charge >= 0.3 is 0 Å². The van der Waals surface area contributed by atoms with Gasteiger partial charge in [-0.15, -0.1) is 0 Å². The second-order valence-electron chi connectivity index (χ2n) is 4.95. The third-order valence-corrected chi connectivity index (χ3v) is 3.76. The monoisotopic (exact) mass is 213 g/mol. The van der Waals surface area contributed by atoms with Crippen LogP contribution in [0.5, 0.6) is 0 Å². The van der Waals surface area contributed by atoms with Crippen molar-refractivity contribution < 1.29 is 9.84 Å². The van der Waals surface area contributed by atoms with Gasteiger partial charge in [-0.05, 0) is 25.7 Å². The van der Waals surface area contributed by atoms with Crippen molar-refractivity contribution in [3.63, 3.8) is 0 Å². The van der Waals surface area contributed by atoms with Crippen LogP contribution >= 0.6 is 0 Å². The van der Waals surface area contributed by atoms with Crippen molar-refractivity contribution in [3.05, 3.63) is 0 Å². The fourth-order valence-electron chi connectivity index (χ4n) is 2.95. The molecule has 1 unspecified atom stereocenters. The maximum Gasteiger partial charge on any atom is 0.0708 e. The standard InChI is InChI=1S/C12H23NO2/c14-9-8-13-10-11-4-7-12(15-11)5-2-1-3-6-12/h11,13-14H,1-10H2. The van der Waals surface area contributed by atoms with Gasteiger partial charge in [-0.25, -0.2) is 0 Å². The number of ether oxygens (including phenoxy) is 1. The van der Waals surface area contributed by atoms with E-state index in [1.165, 1.54) is 44.9 Å². The van der Waals surface area contributed by atoms with Crippen LogP contribution in [0.4, 0.5) is 0 Å². The van der Waals surface area contributed by atoms with Gasteiger partial charge in [-0.3, -0.25) is 0 Å². The Bertz CT molecular complexity index is 188. The van der Waals surface area contributed by atoms with Crippen molar-refractivity contribution in [3.8, 4) is 0 Å². The minimum Gasteiger partial charge on any atom is -0.395 e. The molecular weight excluding hydrogens is 190 g/mol. The lowest BCUT2D eigenvalue weighted by atomic mass is 9.83. The lowest BCUT2D eigenvalue weighted by Crippen LogP contribution is -2.35. The minimum absolute atomic E-state index is 0.220. The van der Waals surface area contributed by atoms with E-state index in [0.717, 1.165) is 6.54 Å². The molecule has 3 nitrogen and oxygen atoms in total. The van der Waals surface area contributed by atoms with Crippen LogP contribution in [0.1, 0.15) is 44.9 Å². The van der Waals surface area contributed by atoms with Gasteiger partial charge in [0, 0.05) is 13.1 Å². The van der Waals surface area contributed by atoms with Gasteiger partial charge in [0.25, 0.3) is 0 Å². The Kier molecular flexibility index (Phi) is 4.00. The Hall–Kier alpha value is -0.120. The first kappa shape index (κ1) is 11.4. The van der Waals surface area contributed by atoms with Gasteiger partial charge in [0.05, 0.1) is 18.3 Å². The summed E-state index contributed by atoms with van der Waals surface area (Å²) in [6.07, 6.45) is 9.44. The lowest BCUT2D eigenvalue weighted by molar-refractivity contribution is -0.0624. The molecule has 88 valence electrons. The zero-order valence-corrected chi connectivity index (χ0v) is 9.50. The summed E-state index contributed by atoms with van der Waals surface area (Å²) in [4.78, 5) is 0. The van der Waals surface area contributed by atoms with Crippen LogP contribution in [0.2, 0.25) is 0 Å². The number of aliphatic hydroxyl groups is 1. The molecule has 2 rings (SSSR count). The summed E-state index contributed by atoms with van der Waals surface area (Å²) >= 11 is 0. The van der Waals surface area contributed by atoms with E-state index in [-0.39, 0.29) is 12.2 Å². The van der Waals surface area contributed by atoms with Gasteiger partial charge < -0.3 is 15.2 Å². The molecule has 3 heteroatoms. The van der Waals surface area contributed by atoms with E-state index in [2.05, 4.69) is 5.32 Å². The molecule has 1 atom stereocenters. The average Bonchev–Trinajstić information content (AvgIpc) is 2.63. The second kappa shape index (κ2) is 5.28. The Morgan fingerprint density at radius 2 is 2.00 bits per heavy atom. The topological polar surface area (TPSA) is 41.5 Å². The maximum absolute atomic E-state index is 8.68. The molecule has 0 aromatic heterocycles. The number of aliphatic hydroxyl groups excluding tert-OH is 1. The van der Waals surface area contributed by atoms with Crippen molar-refractivity contribution in [2.24, 2.45) is 0 Å². The molecule has 1 heterocycles. The SMILES string of the molecule is OCCNCC1CCC2(CCCCC2)O1. The van der Waals surface area contributed by atoms with Crippen LogP contribution in [0.3, 0.4) is 0 Å². The van der Waals surface area contributed by atoms with Gasteiger partial charge in [-0.1, -0.05) is 19.3 Å². The van der Waals surface area contributed by atoms with Crippen molar-refractivity contribution in [1.29, 1.82) is 0 Å². The summed E-state index contributed by atoms with van der Waals surface area (Å²) in [7, 11) is 0. The fraction of sp³-hybridized carbons (Fsp3) is 1.00. The molecule has 0 aromatic rings. The first-order chi connectivity index (χ1) is 7.35. The predicted molar refractivity (Wildman–Crippen MR) is 59.9 cm³/mol. The van der Waals surface area contributed by atoms with E-state index in [1.807, 2.05) is 0 Å². The van der Waals surface area contributed by atoms with Gasteiger partial charge in [0.1, 0.15) is 0 Å². The Morgan fingerprint density at radius 3 is 2.73 bits per heavy atom. The van der Waals surface area contributed by atoms with Crippen molar-refractivity contribution in [2.75, 3.05) is 19.7 Å². The number of hydrogen-bond donors (Lipinski definition) is 2. The van der Waals surface area contributed by atoms with E-state index in [1.54, 1.807) is 0 Å². The highest BCUT2D eigenvalue weighted by atomic mass is 16.5. The zero-order chi connectivity index (χ0) is 10.6. The predicted octanol–water partition coefficient (Wildman–Crippen LogP) is 1.45. The van der Waals surface area contributed by atoms with Crippen LogP contribution < -0.4 is 5.32 Å². The van der Waals surface area contributed by atoms with Gasteiger partial charge in [0.2, 0.25) is 0 Å². The largest absolute Gasteiger partial charge is 0.395 e. The van der Waals surface area contributed by atoms with Crippen LogP contribution in [-0.2, 0) is 4.74 Å². The number of hydrogen-bond acceptors (Lipinski definition) is 3. The molecule has 1 aliphatic carbocycles. The second-order valence-corrected chi connectivity index (χ2v) is 4.95. The van der Waals surface area contributed by atoms with Gasteiger partial charge in [-0.2, -0.15) is 0 Å². The Balaban J connectivity index is 1.73.